The first-order valence-corrected chi connectivity index (χ1v) is 4.36. The van der Waals surface area contributed by atoms with Gasteiger partial charge in [-0.15, -0.1) is 0 Å². The number of rotatable bonds is 5. The van der Waals surface area contributed by atoms with Gasteiger partial charge in [0.05, 0.1) is 7.11 Å². The Balaban J connectivity index is 4.36. The molecule has 78 valence electrons. The van der Waals surface area contributed by atoms with Crippen LogP contribution >= 0.6 is 0 Å². The number of Topliss-reactive ketones (excluding diaryl/α,β-unsaturated/α-hetero) is 1. The summed E-state index contributed by atoms with van der Waals surface area (Å²) in [5.74, 6) is -1.04. The third kappa shape index (κ3) is 3.96. The van der Waals surface area contributed by atoms with Crippen molar-refractivity contribution < 1.29 is 19.1 Å². The van der Waals surface area contributed by atoms with E-state index in [1.54, 1.807) is 0 Å². The van der Waals surface area contributed by atoms with Gasteiger partial charge in [0.15, 0.2) is 0 Å². The van der Waals surface area contributed by atoms with Gasteiger partial charge in [-0.2, -0.15) is 4.79 Å². The lowest BCUT2D eigenvalue weighted by atomic mass is 10.0. The maximum atomic E-state index is 11.3. The molecular weight excluding hydrogens is 184 g/mol. The molecule has 0 aliphatic carbocycles. The van der Waals surface area contributed by atoms with Crippen LogP contribution in [0.1, 0.15) is 26.7 Å². The van der Waals surface area contributed by atoms with Gasteiger partial charge >= 0.3 is 11.7 Å². The van der Waals surface area contributed by atoms with E-state index in [4.69, 9.17) is 5.53 Å². The summed E-state index contributed by atoms with van der Waals surface area (Å²) >= 11 is 0. The van der Waals surface area contributed by atoms with E-state index in [-0.39, 0.29) is 6.42 Å². The van der Waals surface area contributed by atoms with Crippen molar-refractivity contribution in [3.63, 3.8) is 0 Å². The number of carbonyl (C=O) groups excluding carboxylic acids is 2. The van der Waals surface area contributed by atoms with Gasteiger partial charge in [-0.05, 0) is 12.3 Å². The van der Waals surface area contributed by atoms with Gasteiger partial charge in [0.25, 0.3) is 5.78 Å². The van der Waals surface area contributed by atoms with E-state index in [1.807, 2.05) is 13.8 Å². The van der Waals surface area contributed by atoms with Gasteiger partial charge in [0, 0.05) is 6.42 Å². The third-order valence-corrected chi connectivity index (χ3v) is 1.69. The van der Waals surface area contributed by atoms with Gasteiger partial charge in [-0.25, -0.2) is 4.79 Å². The quantitative estimate of drug-likeness (QED) is 0.216. The third-order valence-electron chi connectivity index (χ3n) is 1.69. The summed E-state index contributed by atoms with van der Waals surface area (Å²) in [5, 5.41) is 0. The average Bonchev–Trinajstić information content (AvgIpc) is 2.15. The van der Waals surface area contributed by atoms with Crippen LogP contribution in [-0.4, -0.2) is 29.4 Å². The van der Waals surface area contributed by atoms with Crippen molar-refractivity contribution in [2.24, 2.45) is 5.92 Å². The number of ether oxygens (including phenoxy) is 1. The fourth-order valence-electron chi connectivity index (χ4n) is 0.845. The molecule has 0 heterocycles. The molecule has 0 saturated heterocycles. The summed E-state index contributed by atoms with van der Waals surface area (Å²) in [6.45, 7) is 3.92. The molecule has 5 heteroatoms. The molecule has 0 saturated carbocycles. The molecule has 5 nitrogen and oxygen atoms in total. The van der Waals surface area contributed by atoms with E-state index >= 15 is 0 Å². The molecule has 0 amide bonds. The van der Waals surface area contributed by atoms with Gasteiger partial charge in [-0.3, -0.25) is 4.79 Å². The molecule has 0 aliphatic heterocycles. The minimum atomic E-state index is -0.902. The Kier molecular flexibility index (Phi) is 5.41. The van der Waals surface area contributed by atoms with Crippen molar-refractivity contribution in [2.45, 2.75) is 26.7 Å². The van der Waals surface area contributed by atoms with E-state index < -0.39 is 17.5 Å². The minimum absolute atomic E-state index is 0.187. The van der Waals surface area contributed by atoms with Gasteiger partial charge < -0.3 is 10.3 Å². The SMILES string of the molecule is COC(=O)C(=[N+]=[N-])C(=O)CCC(C)C. The van der Waals surface area contributed by atoms with Crippen LogP contribution in [-0.2, 0) is 14.3 Å². The highest BCUT2D eigenvalue weighted by Crippen LogP contribution is 2.04. The van der Waals surface area contributed by atoms with Crippen LogP contribution in [0, 0.1) is 5.92 Å². The summed E-state index contributed by atoms with van der Waals surface area (Å²) < 4.78 is 4.28. The van der Waals surface area contributed by atoms with Crippen LogP contribution < -0.4 is 0 Å². The van der Waals surface area contributed by atoms with Crippen LogP contribution in [0.4, 0.5) is 0 Å². The van der Waals surface area contributed by atoms with E-state index in [1.165, 1.54) is 0 Å². The lowest BCUT2D eigenvalue weighted by molar-refractivity contribution is -0.139. The average molecular weight is 198 g/mol. The molecule has 0 bridgehead atoms. The van der Waals surface area contributed by atoms with Crippen molar-refractivity contribution in [2.75, 3.05) is 7.11 Å². The predicted molar refractivity (Wildman–Crippen MR) is 49.7 cm³/mol. The number of methoxy groups -OCH3 is 1. The van der Waals surface area contributed by atoms with Crippen LogP contribution in [0.3, 0.4) is 0 Å². The lowest BCUT2D eigenvalue weighted by Crippen LogP contribution is -2.26. The molecule has 0 radical (unpaired) electrons. The molecule has 0 N–H and O–H groups in total. The fourth-order valence-corrected chi connectivity index (χ4v) is 0.845. The molecule has 14 heavy (non-hydrogen) atoms. The normalized spacial score (nSPS) is 9.43. The number of hydrogen-bond acceptors (Lipinski definition) is 3. The van der Waals surface area contributed by atoms with Crippen molar-refractivity contribution in [3.8, 4) is 0 Å². The molecule has 0 atom stereocenters. The maximum Gasteiger partial charge on any atom is 0.441 e. The molecule has 0 unspecified atom stereocenters. The topological polar surface area (TPSA) is 79.8 Å². The number of esters is 1. The number of nitrogens with zero attached hydrogens (tertiary/aromatic N) is 2. The molecule has 0 aromatic heterocycles. The Morgan fingerprint density at radius 3 is 2.36 bits per heavy atom. The van der Waals surface area contributed by atoms with E-state index in [0.717, 1.165) is 7.11 Å². The van der Waals surface area contributed by atoms with Crippen molar-refractivity contribution in [1.82, 2.24) is 0 Å². The lowest BCUT2D eigenvalue weighted by Gasteiger charge is -2.00. The Bertz CT molecular complexity index is 278. The smallest absolute Gasteiger partial charge is 0.441 e. The highest BCUT2D eigenvalue weighted by Gasteiger charge is 2.29. The van der Waals surface area contributed by atoms with E-state index in [9.17, 15) is 9.59 Å². The molecule has 0 aromatic carbocycles. The molecule has 0 fully saturated rings. The van der Waals surface area contributed by atoms with Gasteiger partial charge in [0.2, 0.25) is 0 Å². The number of ketones is 1. The summed E-state index contributed by atoms with van der Waals surface area (Å²) in [5.41, 5.74) is 7.90. The second-order valence-corrected chi connectivity index (χ2v) is 3.30. The Morgan fingerprint density at radius 1 is 1.43 bits per heavy atom. The molecule has 0 aliphatic rings. The second kappa shape index (κ2) is 6.05. The monoisotopic (exact) mass is 198 g/mol. The summed E-state index contributed by atoms with van der Waals surface area (Å²) in [6, 6.07) is 0. The van der Waals surface area contributed by atoms with Crippen molar-refractivity contribution in [3.05, 3.63) is 5.53 Å². The van der Waals surface area contributed by atoms with Crippen molar-refractivity contribution >= 4 is 17.5 Å². The van der Waals surface area contributed by atoms with Crippen LogP contribution in [0.25, 0.3) is 5.53 Å². The maximum absolute atomic E-state index is 11.3. The first kappa shape index (κ1) is 12.5. The Hall–Kier alpha value is -1.48. The zero-order valence-electron chi connectivity index (χ0n) is 8.61. The molecule has 0 rings (SSSR count). The highest BCUT2D eigenvalue weighted by molar-refractivity contribution is 6.62. The first-order chi connectivity index (χ1) is 6.52. The largest absolute Gasteiger partial charge is 0.460 e. The van der Waals surface area contributed by atoms with Crippen molar-refractivity contribution in [1.29, 1.82) is 0 Å². The summed E-state index contributed by atoms with van der Waals surface area (Å²) in [7, 11) is 1.13. The predicted octanol–water partition coefficient (Wildman–Crippen LogP) is 0.835. The zero-order valence-corrected chi connectivity index (χ0v) is 8.61. The second-order valence-electron chi connectivity index (χ2n) is 3.30. The van der Waals surface area contributed by atoms with E-state index in [0.29, 0.717) is 12.3 Å². The fraction of sp³-hybridized carbons (Fsp3) is 0.667. The summed E-state index contributed by atoms with van der Waals surface area (Å²) in [4.78, 5) is 24.8. The van der Waals surface area contributed by atoms with Crippen LogP contribution in [0.5, 0.6) is 0 Å². The number of hydrogen-bond donors (Lipinski definition) is 0. The summed E-state index contributed by atoms with van der Waals surface area (Å²) in [6.07, 6.45) is 0.834. The Morgan fingerprint density at radius 2 is 2.00 bits per heavy atom. The Labute approximate surface area is 82.7 Å². The first-order valence-electron chi connectivity index (χ1n) is 4.36. The van der Waals surface area contributed by atoms with E-state index in [2.05, 4.69) is 9.53 Å². The zero-order chi connectivity index (χ0) is 11.1. The molecule has 0 aromatic rings. The van der Waals surface area contributed by atoms with Gasteiger partial charge in [0.1, 0.15) is 0 Å². The number of carbonyl (C=O) groups is 2. The minimum Gasteiger partial charge on any atom is -0.460 e. The van der Waals surface area contributed by atoms with Crippen LogP contribution in [0.2, 0.25) is 0 Å². The standard InChI is InChI=1S/C9H14N2O3/c1-6(2)4-5-7(12)8(11-10)9(13)14-3/h6H,4-5H2,1-3H3. The van der Waals surface area contributed by atoms with Gasteiger partial charge in [-0.1, -0.05) is 13.8 Å². The highest BCUT2D eigenvalue weighted by atomic mass is 16.5. The molecule has 0 spiro atoms. The molecular formula is C9H14N2O3. The van der Waals surface area contributed by atoms with Crippen LogP contribution in [0.15, 0.2) is 0 Å².